The molecular weight excluding hydrogens is 296 g/mol. The van der Waals surface area contributed by atoms with Gasteiger partial charge in [-0.15, -0.1) is 0 Å². The van der Waals surface area contributed by atoms with Crippen molar-refractivity contribution in [1.82, 2.24) is 0 Å². The maximum atomic E-state index is 11.3. The molecule has 1 rings (SSSR count). The molecule has 2 N–H and O–H groups in total. The summed E-state index contributed by atoms with van der Waals surface area (Å²) in [5, 5.41) is 23.3. The Morgan fingerprint density at radius 2 is 2.10 bits per heavy atom. The molecule has 0 fully saturated rings. The zero-order valence-corrected chi connectivity index (χ0v) is 13.0. The highest BCUT2D eigenvalue weighted by atomic mass is 35.5. The monoisotopic (exact) mass is 314 g/mol. The molecule has 6 nitrogen and oxygen atoms in total. The first-order valence-corrected chi connectivity index (χ1v) is 6.88. The van der Waals surface area contributed by atoms with Crippen molar-refractivity contribution in [2.45, 2.75) is 27.2 Å². The van der Waals surface area contributed by atoms with Crippen LogP contribution in [0.3, 0.4) is 0 Å². The SMILES string of the molecule is CC(C)(C)CC(CNc1ccc(Cl)cc1[N+](=O)[O-])C(=O)O. The second-order valence-electron chi connectivity index (χ2n) is 6.10. The Morgan fingerprint density at radius 3 is 2.57 bits per heavy atom. The van der Waals surface area contributed by atoms with E-state index in [9.17, 15) is 20.0 Å². The summed E-state index contributed by atoms with van der Waals surface area (Å²) in [6.07, 6.45) is 0.469. The minimum Gasteiger partial charge on any atom is -0.481 e. The minimum atomic E-state index is -0.922. The van der Waals surface area contributed by atoms with Crippen molar-refractivity contribution < 1.29 is 14.8 Å². The van der Waals surface area contributed by atoms with Crippen LogP contribution < -0.4 is 5.32 Å². The van der Waals surface area contributed by atoms with E-state index in [1.54, 1.807) is 0 Å². The Balaban J connectivity index is 2.86. The number of nitrogens with one attached hydrogen (secondary N) is 1. The number of anilines is 1. The molecule has 0 heterocycles. The number of aliphatic carboxylic acids is 1. The standard InChI is InChI=1S/C14H19ClN2O4/c1-14(2,3)7-9(13(18)19)8-16-11-5-4-10(15)6-12(11)17(20)21/h4-6,9,16H,7-8H2,1-3H3,(H,18,19). The molecule has 21 heavy (non-hydrogen) atoms. The quantitative estimate of drug-likeness (QED) is 0.615. The number of benzene rings is 1. The van der Waals surface area contributed by atoms with Crippen LogP contribution >= 0.6 is 11.6 Å². The van der Waals surface area contributed by atoms with Crippen LogP contribution in [0, 0.1) is 21.4 Å². The number of nitro benzene ring substituents is 1. The first kappa shape index (κ1) is 17.2. The number of nitro groups is 1. The van der Waals surface area contributed by atoms with Gasteiger partial charge in [0.1, 0.15) is 5.69 Å². The summed E-state index contributed by atoms with van der Waals surface area (Å²) in [5.74, 6) is -1.55. The highest BCUT2D eigenvalue weighted by molar-refractivity contribution is 6.30. The molecule has 1 unspecified atom stereocenters. The lowest BCUT2D eigenvalue weighted by atomic mass is 9.84. The minimum absolute atomic E-state index is 0.120. The Labute approximate surface area is 128 Å². The predicted octanol–water partition coefficient (Wildman–Crippen LogP) is 3.80. The van der Waals surface area contributed by atoms with Gasteiger partial charge in [-0.05, 0) is 24.0 Å². The van der Waals surface area contributed by atoms with E-state index in [1.807, 2.05) is 20.8 Å². The molecule has 0 saturated carbocycles. The number of halogens is 1. The van der Waals surface area contributed by atoms with Gasteiger partial charge in [-0.25, -0.2) is 0 Å². The molecule has 116 valence electrons. The van der Waals surface area contributed by atoms with Gasteiger partial charge in [-0.2, -0.15) is 0 Å². The lowest BCUT2D eigenvalue weighted by Gasteiger charge is -2.23. The molecule has 7 heteroatoms. The number of hydrogen-bond acceptors (Lipinski definition) is 4. The summed E-state index contributed by atoms with van der Waals surface area (Å²) in [6.45, 7) is 5.98. The summed E-state index contributed by atoms with van der Waals surface area (Å²) >= 11 is 5.73. The number of nitrogens with zero attached hydrogens (tertiary/aromatic N) is 1. The third-order valence-corrected chi connectivity index (χ3v) is 3.14. The van der Waals surface area contributed by atoms with E-state index in [0.29, 0.717) is 6.42 Å². The van der Waals surface area contributed by atoms with Gasteiger partial charge in [-0.3, -0.25) is 14.9 Å². The topological polar surface area (TPSA) is 92.5 Å². The largest absolute Gasteiger partial charge is 0.481 e. The number of carboxylic acid groups (broad SMARTS) is 1. The van der Waals surface area contributed by atoms with Gasteiger partial charge >= 0.3 is 5.97 Å². The Hall–Kier alpha value is -1.82. The molecule has 0 aliphatic heterocycles. The molecule has 0 saturated heterocycles. The number of carbonyl (C=O) groups is 1. The van der Waals surface area contributed by atoms with E-state index in [1.165, 1.54) is 18.2 Å². The van der Waals surface area contributed by atoms with Crippen LogP contribution in [0.25, 0.3) is 0 Å². The summed E-state index contributed by atoms with van der Waals surface area (Å²) in [6, 6.07) is 4.25. The molecule has 0 spiro atoms. The molecule has 1 atom stereocenters. The predicted molar refractivity (Wildman–Crippen MR) is 81.8 cm³/mol. The van der Waals surface area contributed by atoms with Gasteiger partial charge in [-0.1, -0.05) is 32.4 Å². The number of hydrogen-bond donors (Lipinski definition) is 2. The van der Waals surface area contributed by atoms with Crippen LogP contribution in [0.5, 0.6) is 0 Å². The summed E-state index contributed by atoms with van der Waals surface area (Å²) < 4.78 is 0. The van der Waals surface area contributed by atoms with Gasteiger partial charge in [0.25, 0.3) is 5.69 Å². The Kier molecular flexibility index (Phi) is 5.54. The number of rotatable bonds is 6. The van der Waals surface area contributed by atoms with E-state index in [4.69, 9.17) is 11.6 Å². The van der Waals surface area contributed by atoms with Gasteiger partial charge in [0.05, 0.1) is 10.8 Å². The van der Waals surface area contributed by atoms with Crippen molar-refractivity contribution in [1.29, 1.82) is 0 Å². The normalized spacial score (nSPS) is 12.8. The zero-order valence-electron chi connectivity index (χ0n) is 12.2. The lowest BCUT2D eigenvalue weighted by Crippen LogP contribution is -2.27. The molecule has 0 aliphatic carbocycles. The fourth-order valence-electron chi connectivity index (χ4n) is 2.02. The Morgan fingerprint density at radius 1 is 1.48 bits per heavy atom. The van der Waals surface area contributed by atoms with Crippen LogP contribution in [-0.2, 0) is 4.79 Å². The maximum Gasteiger partial charge on any atom is 0.308 e. The Bertz CT molecular complexity index is 540. The van der Waals surface area contributed by atoms with Crippen molar-refractivity contribution >= 4 is 28.9 Å². The van der Waals surface area contributed by atoms with Gasteiger partial charge in [0.2, 0.25) is 0 Å². The maximum absolute atomic E-state index is 11.3. The summed E-state index contributed by atoms with van der Waals surface area (Å²) in [7, 11) is 0. The third kappa shape index (κ3) is 5.59. The fraction of sp³-hybridized carbons (Fsp3) is 0.500. The van der Waals surface area contributed by atoms with E-state index in [-0.39, 0.29) is 28.4 Å². The molecular formula is C14H19ClN2O4. The second-order valence-corrected chi connectivity index (χ2v) is 6.54. The number of carboxylic acids is 1. The average Bonchev–Trinajstić information content (AvgIpc) is 2.33. The first-order chi connectivity index (χ1) is 9.60. The fourth-order valence-corrected chi connectivity index (χ4v) is 2.19. The van der Waals surface area contributed by atoms with Crippen molar-refractivity contribution in [3.63, 3.8) is 0 Å². The van der Waals surface area contributed by atoms with Crippen LogP contribution in [0.2, 0.25) is 5.02 Å². The molecule has 0 bridgehead atoms. The van der Waals surface area contributed by atoms with Crippen molar-refractivity contribution in [2.75, 3.05) is 11.9 Å². The van der Waals surface area contributed by atoms with Crippen molar-refractivity contribution in [3.05, 3.63) is 33.3 Å². The van der Waals surface area contributed by atoms with E-state index < -0.39 is 16.8 Å². The van der Waals surface area contributed by atoms with Crippen LogP contribution in [-0.4, -0.2) is 22.5 Å². The van der Waals surface area contributed by atoms with Crippen molar-refractivity contribution in [2.24, 2.45) is 11.3 Å². The average molecular weight is 315 g/mol. The van der Waals surface area contributed by atoms with Crippen molar-refractivity contribution in [3.8, 4) is 0 Å². The van der Waals surface area contributed by atoms with E-state index in [0.717, 1.165) is 0 Å². The highest BCUT2D eigenvalue weighted by Crippen LogP contribution is 2.29. The highest BCUT2D eigenvalue weighted by Gasteiger charge is 2.25. The van der Waals surface area contributed by atoms with E-state index in [2.05, 4.69) is 5.32 Å². The van der Waals surface area contributed by atoms with Gasteiger partial charge < -0.3 is 10.4 Å². The van der Waals surface area contributed by atoms with Gasteiger partial charge in [0.15, 0.2) is 0 Å². The molecule has 1 aromatic rings. The van der Waals surface area contributed by atoms with Crippen LogP contribution in [0.4, 0.5) is 11.4 Å². The molecule has 0 aromatic heterocycles. The van der Waals surface area contributed by atoms with Crippen LogP contribution in [0.15, 0.2) is 18.2 Å². The molecule has 0 amide bonds. The summed E-state index contributed by atoms with van der Waals surface area (Å²) in [5.41, 5.74) is -0.0385. The first-order valence-electron chi connectivity index (χ1n) is 6.51. The molecule has 1 aromatic carbocycles. The molecule has 0 radical (unpaired) electrons. The third-order valence-electron chi connectivity index (χ3n) is 2.90. The van der Waals surface area contributed by atoms with Crippen LogP contribution in [0.1, 0.15) is 27.2 Å². The lowest BCUT2D eigenvalue weighted by molar-refractivity contribution is -0.383. The zero-order chi connectivity index (χ0) is 16.2. The summed E-state index contributed by atoms with van der Waals surface area (Å²) in [4.78, 5) is 21.7. The van der Waals surface area contributed by atoms with E-state index >= 15 is 0 Å². The smallest absolute Gasteiger partial charge is 0.308 e. The van der Waals surface area contributed by atoms with Gasteiger partial charge in [0, 0.05) is 17.6 Å². The second kappa shape index (κ2) is 6.76. The molecule has 0 aliphatic rings.